The lowest BCUT2D eigenvalue weighted by molar-refractivity contribution is -0.139. The predicted molar refractivity (Wildman–Crippen MR) is 57.8 cm³/mol. The summed E-state index contributed by atoms with van der Waals surface area (Å²) in [5.41, 5.74) is 0.777. The molecule has 0 radical (unpaired) electrons. The van der Waals surface area contributed by atoms with Gasteiger partial charge in [0.25, 0.3) is 0 Å². The number of ether oxygens (including phenoxy) is 1. The van der Waals surface area contributed by atoms with Gasteiger partial charge in [0.15, 0.2) is 0 Å². The van der Waals surface area contributed by atoms with Crippen LogP contribution in [0.15, 0.2) is 22.7 Å². The first-order chi connectivity index (χ1) is 7.13. The molecule has 0 amide bonds. The van der Waals surface area contributed by atoms with Crippen LogP contribution in [0.2, 0.25) is 0 Å². The van der Waals surface area contributed by atoms with Crippen LogP contribution >= 0.6 is 15.9 Å². The van der Waals surface area contributed by atoms with Crippen molar-refractivity contribution in [3.05, 3.63) is 34.1 Å². The molecule has 0 spiro atoms. The first-order valence-electron chi connectivity index (χ1n) is 4.35. The second kappa shape index (κ2) is 5.82. The van der Waals surface area contributed by atoms with Crippen LogP contribution in [0, 0.1) is 5.82 Å². The van der Waals surface area contributed by atoms with Crippen LogP contribution in [-0.2, 0) is 16.1 Å². The molecule has 0 aliphatic carbocycles. The van der Waals surface area contributed by atoms with Gasteiger partial charge < -0.3 is 10.1 Å². The van der Waals surface area contributed by atoms with Crippen LogP contribution in [-0.4, -0.2) is 19.6 Å². The molecule has 0 heterocycles. The van der Waals surface area contributed by atoms with Gasteiger partial charge in [-0.25, -0.2) is 4.39 Å². The first kappa shape index (κ1) is 12.1. The van der Waals surface area contributed by atoms with E-state index in [1.54, 1.807) is 12.1 Å². The van der Waals surface area contributed by atoms with E-state index in [1.807, 2.05) is 0 Å². The van der Waals surface area contributed by atoms with E-state index in [0.29, 0.717) is 11.0 Å². The Balaban J connectivity index is 2.44. The third-order valence-corrected chi connectivity index (χ3v) is 2.45. The SMILES string of the molecule is COC(=O)CNCc1ccc(Br)c(F)c1. The molecular weight excluding hydrogens is 265 g/mol. The quantitative estimate of drug-likeness (QED) is 0.853. The minimum Gasteiger partial charge on any atom is -0.468 e. The van der Waals surface area contributed by atoms with Crippen LogP contribution in [0.4, 0.5) is 4.39 Å². The molecule has 0 saturated heterocycles. The molecular formula is C10H11BrFNO2. The van der Waals surface area contributed by atoms with Crippen molar-refractivity contribution in [2.45, 2.75) is 6.54 Å². The van der Waals surface area contributed by atoms with E-state index in [4.69, 9.17) is 0 Å². The van der Waals surface area contributed by atoms with Crippen molar-refractivity contribution in [3.8, 4) is 0 Å². The van der Waals surface area contributed by atoms with E-state index in [0.717, 1.165) is 5.56 Å². The van der Waals surface area contributed by atoms with E-state index in [2.05, 4.69) is 26.0 Å². The number of carbonyl (C=O) groups is 1. The second-order valence-corrected chi connectivity index (χ2v) is 3.78. The van der Waals surface area contributed by atoms with Gasteiger partial charge in [-0.05, 0) is 33.6 Å². The standard InChI is InChI=1S/C10H11BrFNO2/c1-15-10(14)6-13-5-7-2-3-8(11)9(12)4-7/h2-4,13H,5-6H2,1H3. The smallest absolute Gasteiger partial charge is 0.319 e. The number of hydrogen-bond acceptors (Lipinski definition) is 3. The van der Waals surface area contributed by atoms with Crippen LogP contribution in [0.1, 0.15) is 5.56 Å². The lowest BCUT2D eigenvalue weighted by atomic mass is 10.2. The van der Waals surface area contributed by atoms with Gasteiger partial charge in [-0.1, -0.05) is 6.07 Å². The Kier molecular flexibility index (Phi) is 4.71. The molecule has 0 aliphatic heterocycles. The van der Waals surface area contributed by atoms with E-state index < -0.39 is 0 Å². The molecule has 0 aliphatic rings. The van der Waals surface area contributed by atoms with Gasteiger partial charge in [0.2, 0.25) is 0 Å². The number of hydrogen-bond donors (Lipinski definition) is 1. The van der Waals surface area contributed by atoms with Gasteiger partial charge in [0.05, 0.1) is 18.1 Å². The van der Waals surface area contributed by atoms with Crippen molar-refractivity contribution in [2.24, 2.45) is 0 Å². The molecule has 0 unspecified atom stereocenters. The molecule has 3 nitrogen and oxygen atoms in total. The highest BCUT2D eigenvalue weighted by molar-refractivity contribution is 9.10. The highest BCUT2D eigenvalue weighted by Gasteiger charge is 2.02. The summed E-state index contributed by atoms with van der Waals surface area (Å²) in [7, 11) is 1.32. The summed E-state index contributed by atoms with van der Waals surface area (Å²) in [6.07, 6.45) is 0. The predicted octanol–water partition coefficient (Wildman–Crippen LogP) is 1.85. The number of rotatable bonds is 4. The normalized spacial score (nSPS) is 10.1. The fourth-order valence-electron chi connectivity index (χ4n) is 1.03. The molecule has 0 saturated carbocycles. The molecule has 0 atom stereocenters. The third kappa shape index (κ3) is 3.97. The number of esters is 1. The van der Waals surface area contributed by atoms with Crippen molar-refractivity contribution in [3.63, 3.8) is 0 Å². The van der Waals surface area contributed by atoms with E-state index in [9.17, 15) is 9.18 Å². The molecule has 0 fully saturated rings. The van der Waals surface area contributed by atoms with Crippen LogP contribution in [0.25, 0.3) is 0 Å². The van der Waals surface area contributed by atoms with Crippen molar-refractivity contribution in [1.29, 1.82) is 0 Å². The summed E-state index contributed by atoms with van der Waals surface area (Å²) in [5, 5.41) is 2.84. The van der Waals surface area contributed by atoms with Gasteiger partial charge in [-0.15, -0.1) is 0 Å². The molecule has 82 valence electrons. The summed E-state index contributed by atoms with van der Waals surface area (Å²) in [4.78, 5) is 10.8. The second-order valence-electron chi connectivity index (χ2n) is 2.93. The van der Waals surface area contributed by atoms with Crippen molar-refractivity contribution in [2.75, 3.05) is 13.7 Å². The summed E-state index contributed by atoms with van der Waals surface area (Å²) >= 11 is 3.06. The maximum absolute atomic E-state index is 13.1. The number of methoxy groups -OCH3 is 1. The number of carbonyl (C=O) groups excluding carboxylic acids is 1. The molecule has 1 aromatic carbocycles. The Morgan fingerprint density at radius 1 is 1.60 bits per heavy atom. The zero-order chi connectivity index (χ0) is 11.3. The Morgan fingerprint density at radius 3 is 2.93 bits per heavy atom. The monoisotopic (exact) mass is 275 g/mol. The average molecular weight is 276 g/mol. The molecule has 1 aromatic rings. The zero-order valence-corrected chi connectivity index (χ0v) is 9.80. The van der Waals surface area contributed by atoms with Gasteiger partial charge in [0, 0.05) is 6.54 Å². The zero-order valence-electron chi connectivity index (χ0n) is 8.22. The fraction of sp³-hybridized carbons (Fsp3) is 0.300. The average Bonchev–Trinajstić information content (AvgIpc) is 2.23. The highest BCUT2D eigenvalue weighted by Crippen LogP contribution is 2.16. The Labute approximate surface area is 95.7 Å². The topological polar surface area (TPSA) is 38.3 Å². The summed E-state index contributed by atoms with van der Waals surface area (Å²) in [6, 6.07) is 4.82. The first-order valence-corrected chi connectivity index (χ1v) is 5.14. The van der Waals surface area contributed by atoms with Gasteiger partial charge in [-0.3, -0.25) is 4.79 Å². The Hall–Kier alpha value is -0.940. The van der Waals surface area contributed by atoms with Crippen LogP contribution in [0.5, 0.6) is 0 Å². The molecule has 1 rings (SSSR count). The summed E-state index contributed by atoms with van der Waals surface area (Å²) < 4.78 is 17.9. The van der Waals surface area contributed by atoms with E-state index in [1.165, 1.54) is 13.2 Å². The summed E-state index contributed by atoms with van der Waals surface area (Å²) in [6.45, 7) is 0.549. The molecule has 5 heteroatoms. The Morgan fingerprint density at radius 2 is 2.33 bits per heavy atom. The largest absolute Gasteiger partial charge is 0.468 e. The number of halogens is 2. The molecule has 0 bridgehead atoms. The van der Waals surface area contributed by atoms with Gasteiger partial charge in [0.1, 0.15) is 5.82 Å². The maximum Gasteiger partial charge on any atom is 0.319 e. The number of nitrogens with one attached hydrogen (secondary N) is 1. The van der Waals surface area contributed by atoms with Crippen LogP contribution in [0.3, 0.4) is 0 Å². The lowest BCUT2D eigenvalue weighted by Crippen LogP contribution is -2.23. The van der Waals surface area contributed by atoms with Crippen molar-refractivity contribution < 1.29 is 13.9 Å². The van der Waals surface area contributed by atoms with E-state index in [-0.39, 0.29) is 18.3 Å². The van der Waals surface area contributed by atoms with Gasteiger partial charge in [-0.2, -0.15) is 0 Å². The third-order valence-electron chi connectivity index (χ3n) is 1.81. The molecule has 0 aromatic heterocycles. The van der Waals surface area contributed by atoms with Crippen molar-refractivity contribution >= 4 is 21.9 Å². The molecule has 15 heavy (non-hydrogen) atoms. The Bertz CT molecular complexity index is 357. The maximum atomic E-state index is 13.1. The minimum absolute atomic E-state index is 0.119. The summed E-state index contributed by atoms with van der Waals surface area (Å²) in [5.74, 6) is -0.653. The van der Waals surface area contributed by atoms with Crippen LogP contribution < -0.4 is 5.32 Å². The van der Waals surface area contributed by atoms with Gasteiger partial charge >= 0.3 is 5.97 Å². The fourth-order valence-corrected chi connectivity index (χ4v) is 1.28. The number of benzene rings is 1. The van der Waals surface area contributed by atoms with E-state index >= 15 is 0 Å². The molecule has 1 N–H and O–H groups in total. The van der Waals surface area contributed by atoms with Crippen molar-refractivity contribution in [1.82, 2.24) is 5.32 Å². The lowest BCUT2D eigenvalue weighted by Gasteiger charge is -2.04. The minimum atomic E-state index is -0.340. The highest BCUT2D eigenvalue weighted by atomic mass is 79.9.